The predicted molar refractivity (Wildman–Crippen MR) is 161 cm³/mol. The number of pyridine rings is 2. The first-order chi connectivity index (χ1) is 17.9. The van der Waals surface area contributed by atoms with Gasteiger partial charge in [0.1, 0.15) is 11.6 Å². The average molecular weight is 512 g/mol. The maximum Gasteiger partial charge on any atom is 0.130 e. The van der Waals surface area contributed by atoms with Gasteiger partial charge in [-0.15, -0.1) is 0 Å². The van der Waals surface area contributed by atoms with Crippen molar-refractivity contribution in [3.05, 3.63) is 84.1 Å². The van der Waals surface area contributed by atoms with E-state index in [4.69, 9.17) is 0 Å². The van der Waals surface area contributed by atoms with Gasteiger partial charge >= 0.3 is 0 Å². The molecule has 192 valence electrons. The van der Waals surface area contributed by atoms with Crippen molar-refractivity contribution < 1.29 is 0 Å². The van der Waals surface area contributed by atoms with Crippen LogP contribution in [0.1, 0.15) is 50.7 Å². The summed E-state index contributed by atoms with van der Waals surface area (Å²) in [6.07, 6.45) is 10.8. The third kappa shape index (κ3) is 5.91. The molecular weight excluding hydrogens is 474 g/mol. The van der Waals surface area contributed by atoms with E-state index in [-0.39, 0.29) is 0 Å². The average Bonchev–Trinajstić information content (AvgIpc) is 2.90. The Balaban J connectivity index is 1.27. The van der Waals surface area contributed by atoms with Gasteiger partial charge in [0.2, 0.25) is 0 Å². The molecule has 2 N–H and O–H groups in total. The second kappa shape index (κ2) is 11.1. The topological polar surface area (TPSA) is 53.1 Å². The van der Waals surface area contributed by atoms with Crippen LogP contribution in [-0.4, -0.2) is 36.1 Å². The maximum absolute atomic E-state index is 4.66. The van der Waals surface area contributed by atoms with Crippen molar-refractivity contribution in [1.29, 1.82) is 0 Å². The van der Waals surface area contributed by atoms with E-state index in [1.54, 1.807) is 11.8 Å². The standard InChI is InChI=1S/C31H37N5S/c1-5-6-7-22(2)37-24(4)26-8-9-27-19-34-29(17-28(27)16-26)35-23(3)25-10-13-33-30(18-25)36-14-11-31(12-15-36)20-32-21-31/h7-10,13,16-19,32H,3-6,11-12,14-15,20-21H2,1-2H3,(H,34,35)/b22-7-. The van der Waals surface area contributed by atoms with Gasteiger partial charge in [0.15, 0.2) is 0 Å². The number of hydrogen-bond donors (Lipinski definition) is 2. The number of piperidine rings is 1. The monoisotopic (exact) mass is 511 g/mol. The lowest BCUT2D eigenvalue weighted by Crippen LogP contribution is -2.58. The summed E-state index contributed by atoms with van der Waals surface area (Å²) in [6, 6.07) is 12.7. The number of aromatic nitrogens is 2. The Morgan fingerprint density at radius 1 is 1.08 bits per heavy atom. The van der Waals surface area contributed by atoms with Crippen LogP contribution in [-0.2, 0) is 0 Å². The van der Waals surface area contributed by atoms with Crippen LogP contribution >= 0.6 is 11.8 Å². The molecule has 1 spiro atoms. The minimum atomic E-state index is 0.524. The summed E-state index contributed by atoms with van der Waals surface area (Å²) in [5, 5.41) is 9.09. The summed E-state index contributed by atoms with van der Waals surface area (Å²) in [5.74, 6) is 1.81. The number of benzene rings is 1. The van der Waals surface area contributed by atoms with Crippen molar-refractivity contribution in [2.24, 2.45) is 5.41 Å². The lowest BCUT2D eigenvalue weighted by Gasteiger charge is -2.48. The molecular formula is C31H37N5S. The third-order valence-electron chi connectivity index (χ3n) is 7.57. The van der Waals surface area contributed by atoms with E-state index in [0.29, 0.717) is 5.41 Å². The summed E-state index contributed by atoms with van der Waals surface area (Å²) in [5.41, 5.74) is 3.51. The Hall–Kier alpha value is -3.09. The van der Waals surface area contributed by atoms with Crippen molar-refractivity contribution in [3.8, 4) is 0 Å². The first-order valence-electron chi connectivity index (χ1n) is 13.3. The van der Waals surface area contributed by atoms with Gasteiger partial charge in [0.05, 0.1) is 0 Å². The largest absolute Gasteiger partial charge is 0.357 e. The van der Waals surface area contributed by atoms with E-state index in [9.17, 15) is 0 Å². The molecule has 37 heavy (non-hydrogen) atoms. The summed E-state index contributed by atoms with van der Waals surface area (Å²) in [4.78, 5) is 14.0. The van der Waals surface area contributed by atoms with Crippen molar-refractivity contribution in [1.82, 2.24) is 15.3 Å². The highest BCUT2D eigenvalue weighted by Crippen LogP contribution is 2.37. The van der Waals surface area contributed by atoms with Crippen molar-refractivity contribution >= 4 is 44.8 Å². The lowest BCUT2D eigenvalue weighted by molar-refractivity contribution is 0.126. The number of hydrogen-bond acceptors (Lipinski definition) is 6. The Morgan fingerprint density at radius 3 is 2.62 bits per heavy atom. The van der Waals surface area contributed by atoms with Gasteiger partial charge in [0.25, 0.3) is 0 Å². The first-order valence-corrected chi connectivity index (χ1v) is 14.1. The molecule has 1 aromatic carbocycles. The van der Waals surface area contributed by atoms with Gasteiger partial charge in [-0.1, -0.05) is 56.5 Å². The minimum Gasteiger partial charge on any atom is -0.357 e. The normalized spacial score (nSPS) is 17.0. The van der Waals surface area contributed by atoms with Crippen LogP contribution in [0.3, 0.4) is 0 Å². The molecule has 2 aliphatic heterocycles. The fourth-order valence-electron chi connectivity index (χ4n) is 5.07. The molecule has 0 atom stereocenters. The highest BCUT2D eigenvalue weighted by Gasteiger charge is 2.39. The zero-order valence-electron chi connectivity index (χ0n) is 22.0. The van der Waals surface area contributed by atoms with Crippen LogP contribution in [0.25, 0.3) is 21.4 Å². The van der Waals surface area contributed by atoms with Crippen LogP contribution < -0.4 is 15.5 Å². The van der Waals surface area contributed by atoms with E-state index in [1.165, 1.54) is 17.7 Å². The minimum absolute atomic E-state index is 0.524. The zero-order valence-corrected chi connectivity index (χ0v) is 22.8. The molecule has 2 saturated heterocycles. The molecule has 2 fully saturated rings. The number of rotatable bonds is 9. The number of nitrogens with one attached hydrogen (secondary N) is 2. The van der Waals surface area contributed by atoms with Gasteiger partial charge in [0, 0.05) is 60.1 Å². The molecule has 5 rings (SSSR count). The van der Waals surface area contributed by atoms with Crippen LogP contribution in [0.5, 0.6) is 0 Å². The summed E-state index contributed by atoms with van der Waals surface area (Å²) < 4.78 is 0. The van der Waals surface area contributed by atoms with Crippen LogP contribution in [0, 0.1) is 5.41 Å². The first kappa shape index (κ1) is 25.6. The van der Waals surface area contributed by atoms with E-state index < -0.39 is 0 Å². The molecule has 0 unspecified atom stereocenters. The molecule has 5 nitrogen and oxygen atoms in total. The summed E-state index contributed by atoms with van der Waals surface area (Å²) in [7, 11) is 0. The summed E-state index contributed by atoms with van der Waals surface area (Å²) in [6.45, 7) is 17.4. The van der Waals surface area contributed by atoms with Gasteiger partial charge in [-0.05, 0) is 71.7 Å². The Morgan fingerprint density at radius 2 is 1.89 bits per heavy atom. The fourth-order valence-corrected chi connectivity index (χ4v) is 5.91. The van der Waals surface area contributed by atoms with Crippen molar-refractivity contribution in [2.45, 2.75) is 39.5 Å². The van der Waals surface area contributed by atoms with E-state index in [2.05, 4.69) is 88.9 Å². The molecule has 0 saturated carbocycles. The number of allylic oxidation sites excluding steroid dienone is 2. The molecule has 6 heteroatoms. The molecule has 2 aliphatic rings. The fraction of sp³-hybridized carbons (Fsp3) is 0.355. The number of fused-ring (bicyclic) bond motifs is 1. The molecule has 0 amide bonds. The molecule has 2 aromatic heterocycles. The quantitative estimate of drug-likeness (QED) is 0.314. The third-order valence-corrected chi connectivity index (χ3v) is 8.54. The Kier molecular flexibility index (Phi) is 7.68. The van der Waals surface area contributed by atoms with Crippen LogP contribution in [0.2, 0.25) is 0 Å². The summed E-state index contributed by atoms with van der Waals surface area (Å²) >= 11 is 1.74. The molecule has 0 bridgehead atoms. The Labute approximate surface area is 225 Å². The second-order valence-corrected chi connectivity index (χ2v) is 11.7. The number of nitrogens with zero attached hydrogens (tertiary/aromatic N) is 3. The highest BCUT2D eigenvalue weighted by atomic mass is 32.2. The lowest BCUT2D eigenvalue weighted by atomic mass is 9.73. The van der Waals surface area contributed by atoms with Crippen molar-refractivity contribution in [2.75, 3.05) is 36.4 Å². The van der Waals surface area contributed by atoms with E-state index in [1.807, 2.05) is 18.5 Å². The molecule has 3 aromatic rings. The zero-order chi connectivity index (χ0) is 25.8. The predicted octanol–water partition coefficient (Wildman–Crippen LogP) is 7.31. The SMILES string of the molecule is C=C(Nc1cc2cc(C(=C)S/C(C)=C\CCC)ccc2cn1)c1ccnc(N2CCC3(CC2)CNC3)c1. The van der Waals surface area contributed by atoms with Gasteiger partial charge in [-0.25, -0.2) is 9.97 Å². The number of anilines is 2. The smallest absolute Gasteiger partial charge is 0.130 e. The van der Waals surface area contributed by atoms with E-state index in [0.717, 1.165) is 83.2 Å². The Bertz CT molecular complexity index is 1330. The second-order valence-electron chi connectivity index (χ2n) is 10.4. The number of unbranched alkanes of at least 4 members (excludes halogenated alkanes) is 1. The maximum atomic E-state index is 4.66. The molecule has 0 radical (unpaired) electrons. The van der Waals surface area contributed by atoms with Crippen LogP contribution in [0.15, 0.2) is 72.9 Å². The molecule has 0 aliphatic carbocycles. The van der Waals surface area contributed by atoms with Crippen LogP contribution in [0.4, 0.5) is 11.6 Å². The van der Waals surface area contributed by atoms with Gasteiger partial charge < -0.3 is 15.5 Å². The van der Waals surface area contributed by atoms with Gasteiger partial charge in [-0.3, -0.25) is 0 Å². The van der Waals surface area contributed by atoms with Crippen molar-refractivity contribution in [3.63, 3.8) is 0 Å². The highest BCUT2D eigenvalue weighted by molar-refractivity contribution is 8.11. The van der Waals surface area contributed by atoms with E-state index >= 15 is 0 Å². The molecule has 4 heterocycles. The van der Waals surface area contributed by atoms with Gasteiger partial charge in [-0.2, -0.15) is 0 Å². The number of thioether (sulfide) groups is 1.